The fourth-order valence-electron chi connectivity index (χ4n) is 1.03. The van der Waals surface area contributed by atoms with Gasteiger partial charge >= 0.3 is 0 Å². The summed E-state index contributed by atoms with van der Waals surface area (Å²) < 4.78 is 0. The number of hydroxylamine groups is 2. The molecule has 0 radical (unpaired) electrons. The highest BCUT2D eigenvalue weighted by molar-refractivity contribution is 5.00. The standard InChI is InChI=1S/C8H15N3O2/c1-8(2,3)9-11(13)7-5-4-6-10(11)12/h4-7,9,12H,1-3H3. The van der Waals surface area contributed by atoms with E-state index in [2.05, 4.69) is 5.43 Å². The van der Waals surface area contributed by atoms with Crippen molar-refractivity contribution in [2.45, 2.75) is 26.3 Å². The van der Waals surface area contributed by atoms with E-state index in [-0.39, 0.29) is 5.54 Å². The average molecular weight is 185 g/mol. The summed E-state index contributed by atoms with van der Waals surface area (Å²) in [5.74, 6) is 0. The van der Waals surface area contributed by atoms with Crippen molar-refractivity contribution < 1.29 is 10.1 Å². The number of nitrogens with one attached hydrogen (secondary N) is 1. The second-order valence-electron chi connectivity index (χ2n) is 3.99. The maximum Gasteiger partial charge on any atom is 0.143 e. The quantitative estimate of drug-likeness (QED) is 0.477. The van der Waals surface area contributed by atoms with Crippen LogP contribution in [0, 0.1) is 5.21 Å². The van der Waals surface area contributed by atoms with Gasteiger partial charge in [-0.3, -0.25) is 0 Å². The number of hydrogen-bond donors (Lipinski definition) is 2. The van der Waals surface area contributed by atoms with Crippen LogP contribution in [-0.2, 0) is 0 Å². The van der Waals surface area contributed by atoms with Gasteiger partial charge in [0.2, 0.25) is 0 Å². The summed E-state index contributed by atoms with van der Waals surface area (Å²) in [6, 6.07) is 0. The number of rotatable bonds is 1. The lowest BCUT2D eigenvalue weighted by molar-refractivity contribution is -1.02. The average Bonchev–Trinajstić information content (AvgIpc) is 1.92. The maximum atomic E-state index is 11.8. The number of nitrogens with zero attached hydrogens (tertiary/aromatic N) is 2. The molecular weight excluding hydrogens is 170 g/mol. The Balaban J connectivity index is 2.76. The van der Waals surface area contributed by atoms with E-state index < -0.39 is 4.86 Å². The second kappa shape index (κ2) is 3.12. The first kappa shape index (κ1) is 10.2. The van der Waals surface area contributed by atoms with Crippen LogP contribution in [0.2, 0.25) is 0 Å². The number of allylic oxidation sites excluding steroid dienone is 2. The van der Waals surface area contributed by atoms with Crippen molar-refractivity contribution in [3.8, 4) is 0 Å². The Hall–Kier alpha value is -0.880. The monoisotopic (exact) mass is 185 g/mol. The van der Waals surface area contributed by atoms with Crippen molar-refractivity contribution in [2.24, 2.45) is 0 Å². The third-order valence-electron chi connectivity index (χ3n) is 1.42. The van der Waals surface area contributed by atoms with Crippen molar-refractivity contribution in [2.75, 3.05) is 0 Å². The molecule has 1 aliphatic rings. The summed E-state index contributed by atoms with van der Waals surface area (Å²) in [5, 5.41) is 21.7. The number of quaternary nitrogens is 1. The van der Waals surface area contributed by atoms with Crippen LogP contribution in [0.5, 0.6) is 0 Å². The second-order valence-corrected chi connectivity index (χ2v) is 3.99. The molecule has 5 nitrogen and oxygen atoms in total. The molecule has 1 heterocycles. The fourth-order valence-corrected chi connectivity index (χ4v) is 1.03. The van der Waals surface area contributed by atoms with Crippen LogP contribution in [0.1, 0.15) is 20.8 Å². The third-order valence-corrected chi connectivity index (χ3v) is 1.42. The minimum absolute atomic E-state index is 0.377. The van der Waals surface area contributed by atoms with Gasteiger partial charge in [0.1, 0.15) is 6.20 Å². The van der Waals surface area contributed by atoms with E-state index in [9.17, 15) is 10.4 Å². The SMILES string of the molecule is CC(C)(C)N[N+]1([O-])C=CC=CN1O. The zero-order chi connectivity index (χ0) is 10.1. The Bertz CT molecular complexity index is 244. The molecule has 0 aromatic heterocycles. The van der Waals surface area contributed by atoms with Crippen LogP contribution in [0.4, 0.5) is 0 Å². The summed E-state index contributed by atoms with van der Waals surface area (Å²) in [5.41, 5.74) is 2.33. The molecule has 0 aromatic rings. The van der Waals surface area contributed by atoms with E-state index in [0.29, 0.717) is 5.17 Å². The fraction of sp³-hybridized carbons (Fsp3) is 0.500. The highest BCUT2D eigenvalue weighted by Gasteiger charge is 2.28. The Morgan fingerprint density at radius 2 is 2.00 bits per heavy atom. The Morgan fingerprint density at radius 1 is 1.38 bits per heavy atom. The van der Waals surface area contributed by atoms with Crippen molar-refractivity contribution in [1.82, 2.24) is 10.6 Å². The minimum atomic E-state index is -1.08. The lowest BCUT2D eigenvalue weighted by Crippen LogP contribution is -2.63. The molecule has 1 rings (SSSR count). The van der Waals surface area contributed by atoms with Gasteiger partial charge < -0.3 is 5.21 Å². The van der Waals surface area contributed by atoms with E-state index in [4.69, 9.17) is 0 Å². The molecule has 0 spiro atoms. The molecule has 13 heavy (non-hydrogen) atoms. The van der Waals surface area contributed by atoms with Crippen LogP contribution in [0.15, 0.2) is 24.6 Å². The van der Waals surface area contributed by atoms with Gasteiger partial charge in [-0.1, -0.05) is 5.17 Å². The van der Waals surface area contributed by atoms with E-state index >= 15 is 0 Å². The lowest BCUT2D eigenvalue weighted by Gasteiger charge is -2.45. The highest BCUT2D eigenvalue weighted by Crippen LogP contribution is 2.15. The van der Waals surface area contributed by atoms with Gasteiger partial charge in [0.25, 0.3) is 0 Å². The van der Waals surface area contributed by atoms with Gasteiger partial charge in [-0.05, 0) is 32.9 Å². The predicted molar refractivity (Wildman–Crippen MR) is 48.4 cm³/mol. The first-order chi connectivity index (χ1) is 5.83. The Labute approximate surface area is 77.6 Å². The van der Waals surface area contributed by atoms with Gasteiger partial charge in [0.15, 0.2) is 0 Å². The lowest BCUT2D eigenvalue weighted by atomic mass is 10.1. The first-order valence-corrected chi connectivity index (χ1v) is 4.07. The van der Waals surface area contributed by atoms with Crippen LogP contribution in [0.3, 0.4) is 0 Å². The van der Waals surface area contributed by atoms with E-state index in [1.54, 1.807) is 12.2 Å². The van der Waals surface area contributed by atoms with Crippen LogP contribution in [0.25, 0.3) is 0 Å². The molecular formula is C8H15N3O2. The molecule has 0 amide bonds. The molecule has 0 fully saturated rings. The van der Waals surface area contributed by atoms with E-state index in [1.165, 1.54) is 12.4 Å². The Kier molecular flexibility index (Phi) is 2.44. The van der Waals surface area contributed by atoms with Crippen molar-refractivity contribution in [3.63, 3.8) is 0 Å². The number of hydrogen-bond acceptors (Lipinski definition) is 4. The molecule has 0 saturated heterocycles. The van der Waals surface area contributed by atoms with Crippen molar-refractivity contribution >= 4 is 0 Å². The smallest absolute Gasteiger partial charge is 0.143 e. The zero-order valence-corrected chi connectivity index (χ0v) is 8.06. The topological polar surface area (TPSA) is 58.6 Å². The van der Waals surface area contributed by atoms with E-state index in [1.807, 2.05) is 20.8 Å². The first-order valence-electron chi connectivity index (χ1n) is 4.07. The zero-order valence-electron chi connectivity index (χ0n) is 8.06. The molecule has 0 aromatic carbocycles. The van der Waals surface area contributed by atoms with Gasteiger partial charge in [-0.2, -0.15) is 0 Å². The summed E-state index contributed by atoms with van der Waals surface area (Å²) >= 11 is 0. The molecule has 1 atom stereocenters. The Morgan fingerprint density at radius 3 is 2.46 bits per heavy atom. The van der Waals surface area contributed by atoms with Crippen LogP contribution in [-0.4, -0.2) is 20.8 Å². The van der Waals surface area contributed by atoms with Gasteiger partial charge in [-0.25, -0.2) is 5.21 Å². The molecule has 0 saturated carbocycles. The third kappa shape index (κ3) is 2.53. The van der Waals surface area contributed by atoms with E-state index in [0.717, 1.165) is 0 Å². The summed E-state index contributed by atoms with van der Waals surface area (Å²) in [6.45, 7) is 5.56. The van der Waals surface area contributed by atoms with Crippen molar-refractivity contribution in [3.05, 3.63) is 29.8 Å². The van der Waals surface area contributed by atoms with Gasteiger partial charge in [-0.15, -0.1) is 10.3 Å². The van der Waals surface area contributed by atoms with Crippen molar-refractivity contribution in [1.29, 1.82) is 0 Å². The predicted octanol–water partition coefficient (Wildman–Crippen LogP) is 1.25. The van der Waals surface area contributed by atoms with Crippen LogP contribution < -0.4 is 5.43 Å². The summed E-state index contributed by atoms with van der Waals surface area (Å²) in [4.78, 5) is -1.08. The van der Waals surface area contributed by atoms with Gasteiger partial charge in [0.05, 0.1) is 11.7 Å². The molecule has 2 N–H and O–H groups in total. The maximum absolute atomic E-state index is 11.8. The normalized spacial score (nSPS) is 28.2. The minimum Gasteiger partial charge on any atom is -0.579 e. The molecule has 1 aliphatic heterocycles. The summed E-state index contributed by atoms with van der Waals surface area (Å²) in [7, 11) is 0. The molecule has 5 heteroatoms. The van der Waals surface area contributed by atoms with Crippen LogP contribution >= 0.6 is 0 Å². The molecule has 1 unspecified atom stereocenters. The summed E-state index contributed by atoms with van der Waals surface area (Å²) in [6.07, 6.45) is 5.77. The highest BCUT2D eigenvalue weighted by atomic mass is 16.8. The molecule has 0 bridgehead atoms. The molecule has 0 aliphatic carbocycles. The van der Waals surface area contributed by atoms with Gasteiger partial charge in [0, 0.05) is 0 Å². The molecule has 74 valence electrons. The largest absolute Gasteiger partial charge is 0.579 e.